The van der Waals surface area contributed by atoms with E-state index in [0.717, 1.165) is 44.5 Å². The Morgan fingerprint density at radius 2 is 1.96 bits per heavy atom. The van der Waals surface area contributed by atoms with E-state index >= 15 is 0 Å². The van der Waals surface area contributed by atoms with E-state index in [0.29, 0.717) is 10.2 Å². The average Bonchev–Trinajstić information content (AvgIpc) is 3.16. The fraction of sp³-hybridized carbons (Fsp3) is 0.545. The van der Waals surface area contributed by atoms with E-state index in [9.17, 15) is 0 Å². The molecule has 2 aromatic heterocycles. The highest BCUT2D eigenvalue weighted by molar-refractivity contribution is 6.41. The summed E-state index contributed by atoms with van der Waals surface area (Å²) in [6.45, 7) is 2.46. The first-order valence-electron chi connectivity index (χ1n) is 10.2. The van der Waals surface area contributed by atoms with Gasteiger partial charge in [0.1, 0.15) is 5.15 Å². The zero-order valence-electron chi connectivity index (χ0n) is 16.1. The Labute approximate surface area is 177 Å². The number of ether oxygens (including phenoxy) is 1. The third-order valence-electron chi connectivity index (χ3n) is 6.33. The van der Waals surface area contributed by atoms with Crippen LogP contribution in [0.25, 0.3) is 0 Å². The average molecular weight is 420 g/mol. The van der Waals surface area contributed by atoms with Crippen molar-refractivity contribution in [2.45, 2.75) is 62.5 Å². The Balaban J connectivity index is 1.45. The summed E-state index contributed by atoms with van der Waals surface area (Å²) in [5.41, 5.74) is 2.39. The molecular weight excluding hydrogens is 393 g/mol. The molecule has 4 rings (SSSR count). The van der Waals surface area contributed by atoms with Gasteiger partial charge in [0.25, 0.3) is 0 Å². The van der Waals surface area contributed by atoms with E-state index < -0.39 is 0 Å². The molecule has 0 radical (unpaired) electrons. The maximum atomic E-state index is 6.32. The smallest absolute Gasteiger partial charge is 0.147 e. The van der Waals surface area contributed by atoms with Gasteiger partial charge in [0, 0.05) is 36.7 Å². The predicted molar refractivity (Wildman–Crippen MR) is 113 cm³/mol. The summed E-state index contributed by atoms with van der Waals surface area (Å²) in [6.07, 6.45) is 11.8. The first-order valence-corrected chi connectivity index (χ1v) is 10.9. The second-order valence-corrected chi connectivity index (χ2v) is 8.97. The molecule has 2 fully saturated rings. The van der Waals surface area contributed by atoms with Gasteiger partial charge in [0.2, 0.25) is 0 Å². The van der Waals surface area contributed by atoms with Gasteiger partial charge in [-0.2, -0.15) is 0 Å². The SMILES string of the molecule is Clc1cc(CNCC[C@@]2(c3ccccn3)CCOC3(CCCC3)C2)cnc1Cl. The topological polar surface area (TPSA) is 47.0 Å². The van der Waals surface area contributed by atoms with Gasteiger partial charge >= 0.3 is 0 Å². The van der Waals surface area contributed by atoms with Crippen LogP contribution in [0.4, 0.5) is 0 Å². The summed E-state index contributed by atoms with van der Waals surface area (Å²) in [4.78, 5) is 8.89. The lowest BCUT2D eigenvalue weighted by Crippen LogP contribution is -2.47. The zero-order chi connectivity index (χ0) is 19.5. The van der Waals surface area contributed by atoms with Gasteiger partial charge in [0.05, 0.1) is 10.6 Å². The fourth-order valence-electron chi connectivity index (χ4n) is 4.91. The number of rotatable bonds is 6. The molecule has 0 bridgehead atoms. The molecule has 1 spiro atoms. The number of hydrogen-bond donors (Lipinski definition) is 1. The van der Waals surface area contributed by atoms with Gasteiger partial charge in [-0.05, 0) is 62.4 Å². The minimum atomic E-state index is 0.0589. The Kier molecular flexibility index (Phi) is 6.21. The van der Waals surface area contributed by atoms with Crippen LogP contribution in [-0.2, 0) is 16.7 Å². The van der Waals surface area contributed by atoms with Crippen LogP contribution in [0.1, 0.15) is 56.2 Å². The molecular formula is C22H27Cl2N3O. The summed E-state index contributed by atoms with van der Waals surface area (Å²) < 4.78 is 6.32. The van der Waals surface area contributed by atoms with Gasteiger partial charge in [-0.15, -0.1) is 0 Å². The molecule has 1 aliphatic carbocycles. The van der Waals surface area contributed by atoms with Gasteiger partial charge in [-0.1, -0.05) is 42.1 Å². The minimum Gasteiger partial charge on any atom is -0.375 e. The Hall–Kier alpha value is -1.20. The lowest BCUT2D eigenvalue weighted by atomic mass is 9.68. The van der Waals surface area contributed by atoms with Crippen LogP contribution in [0, 0.1) is 0 Å². The second-order valence-electron chi connectivity index (χ2n) is 8.20. The molecule has 1 saturated heterocycles. The molecule has 150 valence electrons. The third-order valence-corrected chi connectivity index (χ3v) is 7.02. The van der Waals surface area contributed by atoms with Crippen molar-refractivity contribution in [3.8, 4) is 0 Å². The molecule has 0 aromatic carbocycles. The van der Waals surface area contributed by atoms with Crippen molar-refractivity contribution >= 4 is 23.2 Å². The molecule has 1 N–H and O–H groups in total. The number of nitrogens with zero attached hydrogens (tertiary/aromatic N) is 2. The molecule has 6 heteroatoms. The molecule has 2 aromatic rings. The molecule has 0 unspecified atom stereocenters. The van der Waals surface area contributed by atoms with Gasteiger partial charge in [0.15, 0.2) is 0 Å². The van der Waals surface area contributed by atoms with E-state index in [4.69, 9.17) is 32.9 Å². The second kappa shape index (κ2) is 8.66. The van der Waals surface area contributed by atoms with Gasteiger partial charge in [-0.25, -0.2) is 4.98 Å². The third kappa shape index (κ3) is 4.35. The number of hydrogen-bond acceptors (Lipinski definition) is 4. The highest BCUT2D eigenvalue weighted by Crippen LogP contribution is 2.49. The first-order chi connectivity index (χ1) is 13.6. The van der Waals surface area contributed by atoms with Crippen LogP contribution >= 0.6 is 23.2 Å². The molecule has 2 aliphatic rings. The van der Waals surface area contributed by atoms with Crippen molar-refractivity contribution in [3.63, 3.8) is 0 Å². The standard InChI is InChI=1S/C22H27Cl2N3O/c23-18-13-17(15-27-20(18)24)14-25-11-8-21(19-5-1-4-10-26-19)9-12-28-22(16-21)6-2-3-7-22/h1,4-5,10,13,15,25H,2-3,6-9,11-12,14,16H2/t21-/m1/s1. The van der Waals surface area contributed by atoms with E-state index in [2.05, 4.69) is 22.4 Å². The van der Waals surface area contributed by atoms with Crippen molar-refractivity contribution < 1.29 is 4.74 Å². The number of pyridine rings is 2. The Bertz CT molecular complexity index is 796. The van der Waals surface area contributed by atoms with Crippen LogP contribution in [0.3, 0.4) is 0 Å². The molecule has 1 saturated carbocycles. The van der Waals surface area contributed by atoms with Crippen molar-refractivity contribution in [2.75, 3.05) is 13.2 Å². The van der Waals surface area contributed by atoms with Crippen molar-refractivity contribution in [1.82, 2.24) is 15.3 Å². The quantitative estimate of drug-likeness (QED) is 0.507. The number of halogens is 2. The molecule has 1 aliphatic heterocycles. The van der Waals surface area contributed by atoms with Crippen LogP contribution in [0.15, 0.2) is 36.7 Å². The summed E-state index contributed by atoms with van der Waals surface area (Å²) in [5.74, 6) is 0. The van der Waals surface area contributed by atoms with Crippen LogP contribution in [-0.4, -0.2) is 28.7 Å². The van der Waals surface area contributed by atoms with Crippen molar-refractivity contribution in [3.05, 3.63) is 58.1 Å². The molecule has 1 atom stereocenters. The van der Waals surface area contributed by atoms with E-state index in [1.165, 1.54) is 31.4 Å². The maximum Gasteiger partial charge on any atom is 0.147 e. The molecule has 4 nitrogen and oxygen atoms in total. The lowest BCUT2D eigenvalue weighted by molar-refractivity contribution is -0.104. The lowest BCUT2D eigenvalue weighted by Gasteiger charge is -2.46. The summed E-state index contributed by atoms with van der Waals surface area (Å²) in [7, 11) is 0. The highest BCUT2D eigenvalue weighted by Gasteiger charge is 2.48. The fourth-order valence-corrected chi connectivity index (χ4v) is 5.21. The van der Waals surface area contributed by atoms with Crippen LogP contribution in [0.2, 0.25) is 10.2 Å². The summed E-state index contributed by atoms with van der Waals surface area (Å²) in [6, 6.07) is 8.17. The summed E-state index contributed by atoms with van der Waals surface area (Å²) in [5, 5.41) is 4.41. The molecule has 3 heterocycles. The van der Waals surface area contributed by atoms with Crippen LogP contribution in [0.5, 0.6) is 0 Å². The van der Waals surface area contributed by atoms with E-state index in [1.807, 2.05) is 18.3 Å². The predicted octanol–water partition coefficient (Wildman–Crippen LogP) is 5.32. The minimum absolute atomic E-state index is 0.0589. The Morgan fingerprint density at radius 3 is 2.71 bits per heavy atom. The summed E-state index contributed by atoms with van der Waals surface area (Å²) >= 11 is 12.0. The molecule has 28 heavy (non-hydrogen) atoms. The van der Waals surface area contributed by atoms with Gasteiger partial charge in [-0.3, -0.25) is 4.98 Å². The Morgan fingerprint density at radius 1 is 1.11 bits per heavy atom. The maximum absolute atomic E-state index is 6.32. The monoisotopic (exact) mass is 419 g/mol. The first kappa shape index (κ1) is 20.1. The zero-order valence-corrected chi connectivity index (χ0v) is 17.6. The van der Waals surface area contributed by atoms with Crippen LogP contribution < -0.4 is 5.32 Å². The van der Waals surface area contributed by atoms with E-state index in [1.54, 1.807) is 6.20 Å². The number of nitrogens with one attached hydrogen (secondary N) is 1. The largest absolute Gasteiger partial charge is 0.375 e. The van der Waals surface area contributed by atoms with Crippen molar-refractivity contribution in [1.29, 1.82) is 0 Å². The van der Waals surface area contributed by atoms with Crippen molar-refractivity contribution in [2.24, 2.45) is 0 Å². The highest BCUT2D eigenvalue weighted by atomic mass is 35.5. The van der Waals surface area contributed by atoms with Gasteiger partial charge < -0.3 is 10.1 Å². The van der Waals surface area contributed by atoms with E-state index in [-0.39, 0.29) is 11.0 Å². The molecule has 0 amide bonds. The number of aromatic nitrogens is 2. The normalized spacial score (nSPS) is 23.9.